The Balaban J connectivity index is 1.78. The first-order chi connectivity index (χ1) is 14.9. The Hall–Kier alpha value is -3.17. The summed E-state index contributed by atoms with van der Waals surface area (Å²) in [5.41, 5.74) is 3.26. The zero-order valence-electron chi connectivity index (χ0n) is 17.7. The molecular formula is C21H24ClN7O2. The van der Waals surface area contributed by atoms with Crippen molar-refractivity contribution in [3.63, 3.8) is 0 Å². The number of pyridine rings is 1. The zero-order valence-corrected chi connectivity index (χ0v) is 18.4. The predicted molar refractivity (Wildman–Crippen MR) is 122 cm³/mol. The number of imide groups is 1. The molecule has 3 amide bonds. The average molecular weight is 442 g/mol. The molecule has 3 heterocycles. The van der Waals surface area contributed by atoms with Crippen molar-refractivity contribution in [3.8, 4) is 0 Å². The number of benzene rings is 1. The summed E-state index contributed by atoms with van der Waals surface area (Å²) in [6.45, 7) is 5.19. The highest BCUT2D eigenvalue weighted by Gasteiger charge is 2.28. The quantitative estimate of drug-likeness (QED) is 0.626. The normalized spacial score (nSPS) is 14.6. The number of urea groups is 1. The Morgan fingerprint density at radius 3 is 2.48 bits per heavy atom. The van der Waals surface area contributed by atoms with Crippen LogP contribution in [-0.2, 0) is 11.8 Å². The van der Waals surface area contributed by atoms with E-state index in [0.717, 1.165) is 47.8 Å². The van der Waals surface area contributed by atoms with Crippen molar-refractivity contribution >= 4 is 52.1 Å². The van der Waals surface area contributed by atoms with Crippen molar-refractivity contribution in [1.82, 2.24) is 19.7 Å². The molecule has 9 nitrogen and oxygen atoms in total. The van der Waals surface area contributed by atoms with Crippen LogP contribution in [0.5, 0.6) is 0 Å². The molecule has 1 aliphatic heterocycles. The number of aromatic nitrogens is 3. The molecule has 1 aromatic carbocycles. The Kier molecular flexibility index (Phi) is 5.79. The molecule has 1 N–H and O–H groups in total. The van der Waals surface area contributed by atoms with Gasteiger partial charge in [-0.25, -0.2) is 14.7 Å². The van der Waals surface area contributed by atoms with Gasteiger partial charge in [0.25, 0.3) is 0 Å². The van der Waals surface area contributed by atoms with E-state index in [1.165, 1.54) is 0 Å². The van der Waals surface area contributed by atoms with Crippen LogP contribution in [-0.4, -0.2) is 65.3 Å². The van der Waals surface area contributed by atoms with E-state index in [0.29, 0.717) is 28.5 Å². The molecule has 1 aliphatic rings. The van der Waals surface area contributed by atoms with Crippen molar-refractivity contribution in [2.75, 3.05) is 48.3 Å². The number of fused-ring (bicyclic) bond motifs is 1. The molecule has 0 bridgehead atoms. The van der Waals surface area contributed by atoms with Crippen molar-refractivity contribution < 1.29 is 9.59 Å². The SMILES string of the molecule is Cc1nn(C)c2ncc(N(C=O)C(=O)Nc3ccc(Cl)cc3)c(N3CCN(C)CC3)c12. The van der Waals surface area contributed by atoms with E-state index in [2.05, 4.69) is 32.2 Å². The lowest BCUT2D eigenvalue weighted by Gasteiger charge is -2.36. The number of hydrogen-bond donors (Lipinski definition) is 1. The van der Waals surface area contributed by atoms with Crippen molar-refractivity contribution in [1.29, 1.82) is 0 Å². The van der Waals surface area contributed by atoms with E-state index in [9.17, 15) is 9.59 Å². The number of rotatable bonds is 4. The highest BCUT2D eigenvalue weighted by molar-refractivity contribution is 6.30. The molecule has 0 saturated carbocycles. The number of nitrogens with zero attached hydrogens (tertiary/aromatic N) is 6. The number of nitrogens with one attached hydrogen (secondary N) is 1. The van der Waals surface area contributed by atoms with Gasteiger partial charge < -0.3 is 15.1 Å². The van der Waals surface area contributed by atoms with Gasteiger partial charge in [0, 0.05) is 43.9 Å². The average Bonchev–Trinajstić information content (AvgIpc) is 3.04. The van der Waals surface area contributed by atoms with E-state index < -0.39 is 6.03 Å². The van der Waals surface area contributed by atoms with Gasteiger partial charge in [-0.15, -0.1) is 0 Å². The number of halogens is 1. The molecule has 31 heavy (non-hydrogen) atoms. The van der Waals surface area contributed by atoms with Gasteiger partial charge in [0.05, 0.1) is 28.7 Å². The number of amides is 3. The molecule has 0 aliphatic carbocycles. The summed E-state index contributed by atoms with van der Waals surface area (Å²) in [6.07, 6.45) is 2.08. The van der Waals surface area contributed by atoms with Crippen LogP contribution in [0.4, 0.5) is 21.9 Å². The summed E-state index contributed by atoms with van der Waals surface area (Å²) in [7, 11) is 3.91. The second-order valence-corrected chi connectivity index (χ2v) is 8.04. The maximum atomic E-state index is 13.0. The number of piperazine rings is 1. The minimum Gasteiger partial charge on any atom is -0.367 e. The standard InChI is InChI=1S/C21H24ClN7O2/c1-14-18-19(28-10-8-26(2)9-11-28)17(12-23-20(18)27(3)25-14)29(13-30)21(31)24-16-6-4-15(22)5-7-16/h4-7,12-13H,8-11H2,1-3H3,(H,24,31). The fourth-order valence-corrected chi connectivity index (χ4v) is 3.97. The molecule has 0 unspecified atom stereocenters. The number of carbonyl (C=O) groups is 2. The Morgan fingerprint density at radius 1 is 1.16 bits per heavy atom. The van der Waals surface area contributed by atoms with E-state index >= 15 is 0 Å². The molecule has 10 heteroatoms. The Bertz CT molecular complexity index is 1120. The van der Waals surface area contributed by atoms with Crippen LogP contribution >= 0.6 is 11.6 Å². The summed E-state index contributed by atoms with van der Waals surface area (Å²) in [4.78, 5) is 35.1. The van der Waals surface area contributed by atoms with Gasteiger partial charge in [-0.05, 0) is 38.2 Å². The van der Waals surface area contributed by atoms with Crippen LogP contribution in [0.25, 0.3) is 11.0 Å². The van der Waals surface area contributed by atoms with Gasteiger partial charge in [-0.3, -0.25) is 9.48 Å². The van der Waals surface area contributed by atoms with Crippen molar-refractivity contribution in [2.45, 2.75) is 6.92 Å². The summed E-state index contributed by atoms with van der Waals surface area (Å²) < 4.78 is 1.72. The lowest BCUT2D eigenvalue weighted by atomic mass is 10.1. The predicted octanol–water partition coefficient (Wildman–Crippen LogP) is 2.88. The highest BCUT2D eigenvalue weighted by atomic mass is 35.5. The van der Waals surface area contributed by atoms with Crippen LogP contribution < -0.4 is 15.1 Å². The van der Waals surface area contributed by atoms with Gasteiger partial charge in [-0.1, -0.05) is 11.6 Å². The van der Waals surface area contributed by atoms with Crippen LogP contribution in [0.1, 0.15) is 5.69 Å². The van der Waals surface area contributed by atoms with Gasteiger partial charge in [0.2, 0.25) is 6.41 Å². The third kappa shape index (κ3) is 4.06. The molecule has 0 radical (unpaired) electrons. The molecule has 0 atom stereocenters. The van der Waals surface area contributed by atoms with Crippen LogP contribution in [0, 0.1) is 6.92 Å². The summed E-state index contributed by atoms with van der Waals surface area (Å²) in [5, 5.41) is 8.65. The molecule has 1 saturated heterocycles. The number of likely N-dealkylation sites (N-methyl/N-ethyl adjacent to an activating group) is 1. The maximum Gasteiger partial charge on any atom is 0.333 e. The van der Waals surface area contributed by atoms with Crippen molar-refractivity contribution in [2.24, 2.45) is 7.05 Å². The molecule has 0 spiro atoms. The van der Waals surface area contributed by atoms with Gasteiger partial charge in [0.15, 0.2) is 5.65 Å². The lowest BCUT2D eigenvalue weighted by molar-refractivity contribution is -0.106. The van der Waals surface area contributed by atoms with E-state index in [4.69, 9.17) is 11.6 Å². The largest absolute Gasteiger partial charge is 0.367 e. The molecular weight excluding hydrogens is 418 g/mol. The fraction of sp³-hybridized carbons (Fsp3) is 0.333. The topological polar surface area (TPSA) is 86.6 Å². The van der Waals surface area contributed by atoms with Gasteiger partial charge >= 0.3 is 6.03 Å². The maximum absolute atomic E-state index is 13.0. The van der Waals surface area contributed by atoms with E-state index in [1.54, 1.807) is 35.1 Å². The van der Waals surface area contributed by atoms with Crippen molar-refractivity contribution in [3.05, 3.63) is 41.2 Å². The molecule has 3 aromatic rings. The van der Waals surface area contributed by atoms with Gasteiger partial charge in [-0.2, -0.15) is 5.10 Å². The molecule has 1 fully saturated rings. The minimum atomic E-state index is -0.574. The summed E-state index contributed by atoms with van der Waals surface area (Å²) in [6, 6.07) is 6.12. The number of aryl methyl sites for hydroxylation is 2. The second kappa shape index (κ2) is 8.52. The first-order valence-corrected chi connectivity index (χ1v) is 10.3. The highest BCUT2D eigenvalue weighted by Crippen LogP contribution is 2.37. The first kappa shape index (κ1) is 21.1. The molecule has 162 valence electrons. The summed E-state index contributed by atoms with van der Waals surface area (Å²) >= 11 is 5.92. The fourth-order valence-electron chi connectivity index (χ4n) is 3.84. The van der Waals surface area contributed by atoms with Crippen LogP contribution in [0.15, 0.2) is 30.5 Å². The third-order valence-corrected chi connectivity index (χ3v) is 5.73. The first-order valence-electron chi connectivity index (χ1n) is 9.96. The summed E-state index contributed by atoms with van der Waals surface area (Å²) in [5.74, 6) is 0. The Labute approximate surface area is 185 Å². The third-order valence-electron chi connectivity index (χ3n) is 5.48. The van der Waals surface area contributed by atoms with E-state index in [1.807, 2.05) is 14.0 Å². The van der Waals surface area contributed by atoms with E-state index in [-0.39, 0.29) is 0 Å². The number of hydrogen-bond acceptors (Lipinski definition) is 6. The Morgan fingerprint density at radius 2 is 1.84 bits per heavy atom. The number of carbonyl (C=O) groups excluding carboxylic acids is 2. The minimum absolute atomic E-state index is 0.426. The number of anilines is 3. The monoisotopic (exact) mass is 441 g/mol. The van der Waals surface area contributed by atoms with Crippen LogP contribution in [0.2, 0.25) is 5.02 Å². The lowest BCUT2D eigenvalue weighted by Crippen LogP contribution is -2.45. The molecule has 4 rings (SSSR count). The smallest absolute Gasteiger partial charge is 0.333 e. The van der Waals surface area contributed by atoms with Crippen LogP contribution in [0.3, 0.4) is 0 Å². The zero-order chi connectivity index (χ0) is 22.1. The van der Waals surface area contributed by atoms with Gasteiger partial charge in [0.1, 0.15) is 0 Å². The second-order valence-electron chi connectivity index (χ2n) is 7.60. The molecule has 2 aromatic heterocycles.